The van der Waals surface area contributed by atoms with Crippen molar-refractivity contribution in [2.45, 2.75) is 12.4 Å². The third-order valence-corrected chi connectivity index (χ3v) is 4.08. The fourth-order valence-corrected chi connectivity index (χ4v) is 3.46. The van der Waals surface area contributed by atoms with Crippen molar-refractivity contribution < 1.29 is 13.2 Å². The summed E-state index contributed by atoms with van der Waals surface area (Å²) in [4.78, 5) is 4.99. The molecule has 90 valence electrons. The molecule has 0 aromatic carbocycles. The molecule has 1 rings (SSSR count). The van der Waals surface area contributed by atoms with Gasteiger partial charge in [-0.15, -0.1) is 11.3 Å². The van der Waals surface area contributed by atoms with E-state index < -0.39 is 9.84 Å². The molecular weight excluding hydrogens is 268 g/mol. The third-order valence-electron chi connectivity index (χ3n) is 1.63. The topological polar surface area (TPSA) is 82.3 Å². The van der Waals surface area contributed by atoms with Crippen LogP contribution in [0, 0.1) is 0 Å². The number of thiazole rings is 1. The Hall–Kier alpha value is -0.570. The number of aromatic nitrogens is 1. The van der Waals surface area contributed by atoms with Gasteiger partial charge in [-0.25, -0.2) is 13.4 Å². The highest BCUT2D eigenvalue weighted by atomic mass is 32.2. The summed E-state index contributed by atoms with van der Waals surface area (Å²) >= 11 is 6.06. The highest BCUT2D eigenvalue weighted by Gasteiger charge is 2.16. The number of hydrogen-bond donors (Lipinski definition) is 1. The Morgan fingerprint density at radius 2 is 2.25 bits per heavy atom. The minimum absolute atomic E-state index is 0.100. The van der Waals surface area contributed by atoms with Crippen LogP contribution in [0.25, 0.3) is 0 Å². The Morgan fingerprint density at radius 3 is 2.69 bits per heavy atom. The predicted molar refractivity (Wildman–Crippen MR) is 67.3 cm³/mol. The maximum Gasteiger partial charge on any atom is 0.153 e. The van der Waals surface area contributed by atoms with E-state index in [1.54, 1.807) is 0 Å². The van der Waals surface area contributed by atoms with Gasteiger partial charge in [0.1, 0.15) is 15.7 Å². The van der Waals surface area contributed by atoms with Crippen LogP contribution in [0.3, 0.4) is 0 Å². The summed E-state index contributed by atoms with van der Waals surface area (Å²) in [5.74, 6) is -0.100. The van der Waals surface area contributed by atoms with Gasteiger partial charge < -0.3 is 10.5 Å². The van der Waals surface area contributed by atoms with Gasteiger partial charge in [-0.2, -0.15) is 0 Å². The van der Waals surface area contributed by atoms with Crippen molar-refractivity contribution in [2.75, 3.05) is 13.4 Å². The Kier molecular flexibility index (Phi) is 4.36. The molecule has 0 amide bonds. The standard InChI is InChI=1S/C8H12N2O3S3/c1-13-3-5-7(8(9)14)15-6(10-5)4-16(2,11)12/h3-4H2,1-2H3,(H2,9,14). The summed E-state index contributed by atoms with van der Waals surface area (Å²) in [6.45, 7) is 0.271. The number of hydrogen-bond acceptors (Lipinski definition) is 6. The largest absolute Gasteiger partial charge is 0.389 e. The van der Waals surface area contributed by atoms with Gasteiger partial charge in [-0.05, 0) is 0 Å². The lowest BCUT2D eigenvalue weighted by Crippen LogP contribution is -2.10. The van der Waals surface area contributed by atoms with Gasteiger partial charge in [0, 0.05) is 13.4 Å². The molecule has 0 aliphatic rings. The average molecular weight is 280 g/mol. The number of thiocarbonyl (C=S) groups is 1. The SMILES string of the molecule is COCc1nc(CS(C)(=O)=O)sc1C(N)=S. The van der Waals surface area contributed by atoms with Gasteiger partial charge in [0.2, 0.25) is 0 Å². The van der Waals surface area contributed by atoms with Crippen LogP contribution in [0.5, 0.6) is 0 Å². The van der Waals surface area contributed by atoms with Gasteiger partial charge in [-0.1, -0.05) is 12.2 Å². The molecule has 0 spiro atoms. The van der Waals surface area contributed by atoms with Crippen LogP contribution < -0.4 is 5.73 Å². The summed E-state index contributed by atoms with van der Waals surface area (Å²) in [5, 5.41) is 0.484. The summed E-state index contributed by atoms with van der Waals surface area (Å²) < 4.78 is 27.2. The molecule has 8 heteroatoms. The maximum atomic E-state index is 11.1. The molecule has 0 bridgehead atoms. The molecule has 16 heavy (non-hydrogen) atoms. The monoisotopic (exact) mass is 280 g/mol. The maximum absolute atomic E-state index is 11.1. The first kappa shape index (κ1) is 13.5. The Bertz CT molecular complexity index is 493. The molecule has 0 radical (unpaired) electrons. The zero-order valence-electron chi connectivity index (χ0n) is 8.89. The molecule has 0 fully saturated rings. The Morgan fingerprint density at radius 1 is 1.62 bits per heavy atom. The van der Waals surface area contributed by atoms with E-state index in [0.29, 0.717) is 15.6 Å². The average Bonchev–Trinajstić information content (AvgIpc) is 2.45. The molecule has 0 aliphatic carbocycles. The lowest BCUT2D eigenvalue weighted by molar-refractivity contribution is 0.182. The van der Waals surface area contributed by atoms with E-state index in [4.69, 9.17) is 22.7 Å². The second-order valence-electron chi connectivity index (χ2n) is 3.25. The highest BCUT2D eigenvalue weighted by molar-refractivity contribution is 7.90. The van der Waals surface area contributed by atoms with Gasteiger partial charge in [0.15, 0.2) is 9.84 Å². The van der Waals surface area contributed by atoms with E-state index in [9.17, 15) is 8.42 Å². The normalized spacial score (nSPS) is 11.6. The van der Waals surface area contributed by atoms with E-state index in [0.717, 1.165) is 6.26 Å². The molecule has 0 saturated carbocycles. The number of methoxy groups -OCH3 is 1. The van der Waals surface area contributed by atoms with E-state index in [2.05, 4.69) is 4.98 Å². The molecule has 0 unspecified atom stereocenters. The number of sulfone groups is 1. The summed E-state index contributed by atoms with van der Waals surface area (Å²) in [7, 11) is -1.57. The molecule has 1 aromatic heterocycles. The number of rotatable bonds is 5. The predicted octanol–water partition coefficient (Wildman–Crippen LogP) is 0.468. The Balaban J connectivity index is 3.06. The van der Waals surface area contributed by atoms with Gasteiger partial charge in [0.25, 0.3) is 0 Å². The minimum atomic E-state index is -3.10. The molecule has 1 heterocycles. The van der Waals surface area contributed by atoms with Crippen LogP contribution >= 0.6 is 23.6 Å². The molecule has 1 aromatic rings. The lowest BCUT2D eigenvalue weighted by Gasteiger charge is -1.97. The van der Waals surface area contributed by atoms with Crippen LogP contribution in [0.15, 0.2) is 0 Å². The fraction of sp³-hybridized carbons (Fsp3) is 0.500. The highest BCUT2D eigenvalue weighted by Crippen LogP contribution is 2.21. The first-order valence-electron chi connectivity index (χ1n) is 4.28. The molecular formula is C8H12N2O3S3. The molecule has 0 saturated heterocycles. The summed E-state index contributed by atoms with van der Waals surface area (Å²) in [6.07, 6.45) is 1.16. The van der Waals surface area contributed by atoms with Crippen LogP contribution in [0.4, 0.5) is 0 Å². The van der Waals surface area contributed by atoms with Crippen molar-refractivity contribution in [3.63, 3.8) is 0 Å². The van der Waals surface area contributed by atoms with Crippen molar-refractivity contribution in [1.29, 1.82) is 0 Å². The second-order valence-corrected chi connectivity index (χ2v) is 6.91. The van der Waals surface area contributed by atoms with E-state index in [-0.39, 0.29) is 17.3 Å². The van der Waals surface area contributed by atoms with Crippen molar-refractivity contribution in [3.8, 4) is 0 Å². The number of nitrogens with two attached hydrogens (primary N) is 1. The summed E-state index contributed by atoms with van der Waals surface area (Å²) in [5.41, 5.74) is 6.11. The number of nitrogens with zero attached hydrogens (tertiary/aromatic N) is 1. The lowest BCUT2D eigenvalue weighted by atomic mass is 10.4. The van der Waals surface area contributed by atoms with E-state index in [1.807, 2.05) is 0 Å². The van der Waals surface area contributed by atoms with Crippen molar-refractivity contribution in [1.82, 2.24) is 4.98 Å². The quantitative estimate of drug-likeness (QED) is 0.789. The number of ether oxygens (including phenoxy) is 1. The smallest absolute Gasteiger partial charge is 0.153 e. The first-order valence-corrected chi connectivity index (χ1v) is 7.57. The van der Waals surface area contributed by atoms with Crippen molar-refractivity contribution in [3.05, 3.63) is 15.6 Å². The van der Waals surface area contributed by atoms with E-state index >= 15 is 0 Å². The van der Waals surface area contributed by atoms with Crippen LogP contribution in [0.1, 0.15) is 15.6 Å². The zero-order chi connectivity index (χ0) is 12.3. The van der Waals surface area contributed by atoms with Gasteiger partial charge in [-0.3, -0.25) is 0 Å². The van der Waals surface area contributed by atoms with Crippen molar-refractivity contribution >= 4 is 38.4 Å². The van der Waals surface area contributed by atoms with Crippen LogP contribution in [0.2, 0.25) is 0 Å². The first-order chi connectivity index (χ1) is 7.33. The summed E-state index contributed by atoms with van der Waals surface area (Å²) in [6, 6.07) is 0. The molecule has 0 aliphatic heterocycles. The second kappa shape index (κ2) is 5.17. The zero-order valence-corrected chi connectivity index (χ0v) is 11.3. The fourth-order valence-electron chi connectivity index (χ4n) is 1.11. The molecule has 5 nitrogen and oxygen atoms in total. The van der Waals surface area contributed by atoms with E-state index in [1.165, 1.54) is 18.4 Å². The van der Waals surface area contributed by atoms with Gasteiger partial charge in [0.05, 0.1) is 17.2 Å². The van der Waals surface area contributed by atoms with Gasteiger partial charge >= 0.3 is 0 Å². The molecule has 0 atom stereocenters. The minimum Gasteiger partial charge on any atom is -0.389 e. The Labute approximate surface area is 104 Å². The molecule has 2 N–H and O–H groups in total. The third kappa shape index (κ3) is 3.78. The van der Waals surface area contributed by atoms with Crippen LogP contribution in [-0.4, -0.2) is 31.8 Å². The van der Waals surface area contributed by atoms with Crippen LogP contribution in [-0.2, 0) is 26.9 Å². The van der Waals surface area contributed by atoms with Crippen molar-refractivity contribution in [2.24, 2.45) is 5.73 Å².